The number of carbonyl (C=O) groups excluding carboxylic acids is 3. The molecule has 0 amide bonds. The van der Waals surface area contributed by atoms with Crippen LogP contribution in [0.5, 0.6) is 0 Å². The lowest BCUT2D eigenvalue weighted by Crippen LogP contribution is -2.61. The molecule has 0 spiro atoms. The highest BCUT2D eigenvalue weighted by Crippen LogP contribution is 2.37. The van der Waals surface area contributed by atoms with Crippen LogP contribution < -0.4 is 0 Å². The van der Waals surface area contributed by atoms with Gasteiger partial charge in [0.2, 0.25) is 0 Å². The van der Waals surface area contributed by atoms with E-state index in [-0.39, 0.29) is 13.2 Å². The first-order valence-electron chi connectivity index (χ1n) is 10.8. The van der Waals surface area contributed by atoms with E-state index in [2.05, 4.69) is 0 Å². The van der Waals surface area contributed by atoms with Crippen LogP contribution >= 0.6 is 11.8 Å². The van der Waals surface area contributed by atoms with Gasteiger partial charge in [0.05, 0.1) is 6.61 Å². The van der Waals surface area contributed by atoms with Gasteiger partial charge in [-0.15, -0.1) is 0 Å². The van der Waals surface area contributed by atoms with Gasteiger partial charge in [0, 0.05) is 25.7 Å². The number of esters is 3. The molecule has 1 fully saturated rings. The molecule has 9 heteroatoms. The average molecular weight is 489 g/mol. The second-order valence-electron chi connectivity index (χ2n) is 7.69. The fraction of sp³-hybridized carbons (Fsp3) is 0.400. The van der Waals surface area contributed by atoms with Crippen molar-refractivity contribution in [3.8, 4) is 0 Å². The van der Waals surface area contributed by atoms with Gasteiger partial charge in [0.15, 0.2) is 12.2 Å². The fourth-order valence-electron chi connectivity index (χ4n) is 3.55. The van der Waals surface area contributed by atoms with E-state index < -0.39 is 47.8 Å². The zero-order valence-corrected chi connectivity index (χ0v) is 20.1. The zero-order chi connectivity index (χ0) is 24.5. The van der Waals surface area contributed by atoms with Crippen molar-refractivity contribution in [2.75, 3.05) is 6.61 Å². The minimum absolute atomic E-state index is 0.156. The Morgan fingerprint density at radius 3 is 1.97 bits per heavy atom. The third kappa shape index (κ3) is 7.58. The van der Waals surface area contributed by atoms with Crippen LogP contribution in [0.15, 0.2) is 65.6 Å². The number of hydrogen-bond donors (Lipinski definition) is 0. The van der Waals surface area contributed by atoms with Crippen LogP contribution in [-0.2, 0) is 44.7 Å². The van der Waals surface area contributed by atoms with Crippen LogP contribution in [0.4, 0.5) is 0 Å². The molecule has 8 nitrogen and oxygen atoms in total. The quantitative estimate of drug-likeness (QED) is 0.388. The molecule has 3 unspecified atom stereocenters. The van der Waals surface area contributed by atoms with E-state index in [0.717, 1.165) is 10.5 Å². The molecule has 2 aromatic carbocycles. The Hall–Kier alpha value is -2.88. The SMILES string of the molecule is CC(=O)OCC1O[C@@H](Sc2ccccc2)C(OC(C)=O)C(OCc2ccccc2)[C@@H]1OC(C)=O. The highest BCUT2D eigenvalue weighted by atomic mass is 32.2. The Bertz CT molecular complexity index is 952. The van der Waals surface area contributed by atoms with Crippen molar-refractivity contribution in [3.05, 3.63) is 66.2 Å². The maximum Gasteiger partial charge on any atom is 0.303 e. The summed E-state index contributed by atoms with van der Waals surface area (Å²) in [5, 5.41) is 0. The number of carbonyl (C=O) groups is 3. The topological polar surface area (TPSA) is 97.4 Å². The van der Waals surface area contributed by atoms with E-state index in [1.54, 1.807) is 0 Å². The largest absolute Gasteiger partial charge is 0.463 e. The maximum atomic E-state index is 12.0. The fourth-order valence-corrected chi connectivity index (χ4v) is 4.67. The molecule has 1 aliphatic heterocycles. The molecule has 0 aliphatic carbocycles. The lowest BCUT2D eigenvalue weighted by molar-refractivity contribution is -0.241. The van der Waals surface area contributed by atoms with Gasteiger partial charge in [0.1, 0.15) is 24.3 Å². The number of rotatable bonds is 9. The number of thioether (sulfide) groups is 1. The molecule has 0 radical (unpaired) electrons. The average Bonchev–Trinajstić information content (AvgIpc) is 2.80. The molecule has 0 aromatic heterocycles. The molecule has 34 heavy (non-hydrogen) atoms. The minimum atomic E-state index is -0.975. The van der Waals surface area contributed by atoms with Crippen molar-refractivity contribution in [2.45, 2.75) is 62.1 Å². The Kier molecular flexibility index (Phi) is 9.50. The lowest BCUT2D eigenvalue weighted by Gasteiger charge is -2.44. The highest BCUT2D eigenvalue weighted by molar-refractivity contribution is 7.99. The van der Waals surface area contributed by atoms with Crippen molar-refractivity contribution >= 4 is 29.7 Å². The van der Waals surface area contributed by atoms with E-state index in [1.165, 1.54) is 32.5 Å². The van der Waals surface area contributed by atoms with Gasteiger partial charge in [-0.25, -0.2) is 0 Å². The Balaban J connectivity index is 1.95. The van der Waals surface area contributed by atoms with Crippen LogP contribution in [0.25, 0.3) is 0 Å². The third-order valence-electron chi connectivity index (χ3n) is 4.93. The molecule has 2 aromatic rings. The van der Waals surface area contributed by atoms with Crippen molar-refractivity contribution in [2.24, 2.45) is 0 Å². The normalized spacial score (nSPS) is 24.1. The van der Waals surface area contributed by atoms with E-state index in [1.807, 2.05) is 60.7 Å². The standard InChI is InChI=1S/C25H28O8S/c1-16(26)29-15-21-22(31-17(2)27)23(30-14-19-10-6-4-7-11-19)24(32-18(3)28)25(33-21)34-20-12-8-5-9-13-20/h4-13,21-25H,14-15H2,1-3H3/t21?,22-,23?,24?,25+/m1/s1. The summed E-state index contributed by atoms with van der Waals surface area (Å²) in [6, 6.07) is 18.9. The first-order valence-corrected chi connectivity index (χ1v) is 11.7. The number of ether oxygens (including phenoxy) is 5. The van der Waals surface area contributed by atoms with Gasteiger partial charge in [-0.2, -0.15) is 0 Å². The molecule has 0 saturated carbocycles. The van der Waals surface area contributed by atoms with Gasteiger partial charge in [-0.05, 0) is 17.7 Å². The Morgan fingerprint density at radius 1 is 0.794 bits per heavy atom. The van der Waals surface area contributed by atoms with Gasteiger partial charge in [0.25, 0.3) is 0 Å². The molecule has 1 heterocycles. The lowest BCUT2D eigenvalue weighted by atomic mass is 9.99. The van der Waals surface area contributed by atoms with Crippen LogP contribution in [0.2, 0.25) is 0 Å². The predicted octanol–water partition coefficient (Wildman–Crippen LogP) is 3.52. The molecular weight excluding hydrogens is 460 g/mol. The summed E-state index contributed by atoms with van der Waals surface area (Å²) in [5.41, 5.74) is 0.181. The molecule has 5 atom stereocenters. The molecule has 182 valence electrons. The van der Waals surface area contributed by atoms with Crippen LogP contribution in [0.1, 0.15) is 26.3 Å². The second kappa shape index (κ2) is 12.5. The first kappa shape index (κ1) is 25.7. The van der Waals surface area contributed by atoms with Crippen LogP contribution in [-0.4, -0.2) is 54.4 Å². The smallest absolute Gasteiger partial charge is 0.303 e. The number of hydrogen-bond acceptors (Lipinski definition) is 9. The summed E-state index contributed by atoms with van der Waals surface area (Å²) in [7, 11) is 0. The zero-order valence-electron chi connectivity index (χ0n) is 19.2. The van der Waals surface area contributed by atoms with Crippen LogP contribution in [0, 0.1) is 0 Å². The molecule has 1 saturated heterocycles. The van der Waals surface area contributed by atoms with E-state index in [9.17, 15) is 14.4 Å². The Labute approximate surface area is 202 Å². The van der Waals surface area contributed by atoms with Crippen molar-refractivity contribution < 1.29 is 38.1 Å². The Morgan fingerprint density at radius 2 is 1.38 bits per heavy atom. The van der Waals surface area contributed by atoms with E-state index in [4.69, 9.17) is 23.7 Å². The second-order valence-corrected chi connectivity index (χ2v) is 8.86. The summed E-state index contributed by atoms with van der Waals surface area (Å²) < 4.78 is 28.8. The third-order valence-corrected chi connectivity index (χ3v) is 6.08. The van der Waals surface area contributed by atoms with Gasteiger partial charge >= 0.3 is 17.9 Å². The highest BCUT2D eigenvalue weighted by Gasteiger charge is 2.51. The minimum Gasteiger partial charge on any atom is -0.463 e. The van der Waals surface area contributed by atoms with Gasteiger partial charge in [-0.3, -0.25) is 14.4 Å². The van der Waals surface area contributed by atoms with Crippen molar-refractivity contribution in [1.29, 1.82) is 0 Å². The summed E-state index contributed by atoms with van der Waals surface area (Å²) in [5.74, 6) is -1.59. The predicted molar refractivity (Wildman–Crippen MR) is 124 cm³/mol. The summed E-state index contributed by atoms with van der Waals surface area (Å²) in [6.07, 6.45) is -3.58. The summed E-state index contributed by atoms with van der Waals surface area (Å²) >= 11 is 1.34. The molecule has 1 aliphatic rings. The molecular formula is C25H28O8S. The molecule has 3 rings (SSSR count). The monoisotopic (exact) mass is 488 g/mol. The van der Waals surface area contributed by atoms with Gasteiger partial charge in [-0.1, -0.05) is 60.3 Å². The van der Waals surface area contributed by atoms with E-state index in [0.29, 0.717) is 0 Å². The van der Waals surface area contributed by atoms with Gasteiger partial charge < -0.3 is 23.7 Å². The molecule has 0 N–H and O–H groups in total. The number of benzene rings is 2. The van der Waals surface area contributed by atoms with Crippen molar-refractivity contribution in [1.82, 2.24) is 0 Å². The molecule has 0 bridgehead atoms. The summed E-state index contributed by atoms with van der Waals surface area (Å²) in [4.78, 5) is 36.4. The van der Waals surface area contributed by atoms with Crippen LogP contribution in [0.3, 0.4) is 0 Å². The van der Waals surface area contributed by atoms with E-state index >= 15 is 0 Å². The first-order chi connectivity index (χ1) is 16.3. The maximum absolute atomic E-state index is 12.0. The summed E-state index contributed by atoms with van der Waals surface area (Å²) in [6.45, 7) is 3.87. The van der Waals surface area contributed by atoms with Crippen molar-refractivity contribution in [3.63, 3.8) is 0 Å².